The van der Waals surface area contributed by atoms with Gasteiger partial charge in [-0.15, -0.1) is 0 Å². The van der Waals surface area contributed by atoms with Crippen molar-refractivity contribution in [3.63, 3.8) is 0 Å². The molecule has 2 fully saturated rings. The van der Waals surface area contributed by atoms with E-state index in [4.69, 9.17) is 14.2 Å². The Bertz CT molecular complexity index is 940. The highest BCUT2D eigenvalue weighted by molar-refractivity contribution is 5.69. The van der Waals surface area contributed by atoms with Crippen molar-refractivity contribution in [1.29, 1.82) is 0 Å². The Kier molecular flexibility index (Phi) is 7.28. The van der Waals surface area contributed by atoms with Gasteiger partial charge in [-0.1, -0.05) is 6.07 Å². The molecule has 0 aliphatic carbocycles. The summed E-state index contributed by atoms with van der Waals surface area (Å²) in [6, 6.07) is 14.2. The molecule has 7 heteroatoms. The Morgan fingerprint density at radius 3 is 2.36 bits per heavy atom. The predicted molar refractivity (Wildman–Crippen MR) is 129 cm³/mol. The van der Waals surface area contributed by atoms with E-state index in [1.54, 1.807) is 14.2 Å². The fourth-order valence-corrected chi connectivity index (χ4v) is 4.94. The maximum atomic E-state index is 11.3. The van der Waals surface area contributed by atoms with Crippen LogP contribution in [0.25, 0.3) is 0 Å². The first kappa shape index (κ1) is 23.2. The van der Waals surface area contributed by atoms with Gasteiger partial charge in [0.25, 0.3) is 0 Å². The van der Waals surface area contributed by atoms with Gasteiger partial charge in [-0.25, -0.2) is 0 Å². The standard InChI is InChI=1S/C26H34N2O5/c1-18-4-7-23(31-2)16-25(18)27-12-10-22(11-13-27)33-21-8-5-19(6-9-21)28-17-24(32-3)14-20(28)15-26(29)30/h4-9,16,20,22,24H,10-15,17H2,1-3H3,(H,29,30)/t20-,24-/m1/s1. The first-order valence-corrected chi connectivity index (χ1v) is 11.6. The zero-order chi connectivity index (χ0) is 23.4. The Hall–Kier alpha value is -2.93. The molecule has 2 heterocycles. The lowest BCUT2D eigenvalue weighted by Crippen LogP contribution is -2.38. The monoisotopic (exact) mass is 454 g/mol. The van der Waals surface area contributed by atoms with E-state index in [1.165, 1.54) is 11.3 Å². The topological polar surface area (TPSA) is 71.5 Å². The number of piperidine rings is 1. The molecule has 7 nitrogen and oxygen atoms in total. The molecular formula is C26H34N2O5. The van der Waals surface area contributed by atoms with Crippen LogP contribution in [0, 0.1) is 6.92 Å². The van der Waals surface area contributed by atoms with E-state index in [0.717, 1.165) is 49.5 Å². The van der Waals surface area contributed by atoms with E-state index >= 15 is 0 Å². The number of benzene rings is 2. The Morgan fingerprint density at radius 2 is 1.73 bits per heavy atom. The average Bonchev–Trinajstić information content (AvgIpc) is 3.23. The molecule has 0 saturated carbocycles. The van der Waals surface area contributed by atoms with Gasteiger partial charge < -0.3 is 29.1 Å². The third-order valence-corrected chi connectivity index (χ3v) is 6.79. The van der Waals surface area contributed by atoms with Crippen LogP contribution in [0.1, 0.15) is 31.2 Å². The molecule has 1 N–H and O–H groups in total. The summed E-state index contributed by atoms with van der Waals surface area (Å²) >= 11 is 0. The molecule has 33 heavy (non-hydrogen) atoms. The van der Waals surface area contributed by atoms with Crippen LogP contribution in [-0.4, -0.2) is 63.2 Å². The minimum absolute atomic E-state index is 0.0522. The summed E-state index contributed by atoms with van der Waals surface area (Å²) in [4.78, 5) is 15.8. The molecule has 0 spiro atoms. The molecule has 0 aromatic heterocycles. The molecule has 0 radical (unpaired) electrons. The van der Waals surface area contributed by atoms with Crippen LogP contribution in [0.4, 0.5) is 11.4 Å². The van der Waals surface area contributed by atoms with Crippen LogP contribution >= 0.6 is 0 Å². The van der Waals surface area contributed by atoms with Crippen LogP contribution in [-0.2, 0) is 9.53 Å². The highest BCUT2D eigenvalue weighted by atomic mass is 16.5. The maximum absolute atomic E-state index is 11.3. The van der Waals surface area contributed by atoms with Crippen LogP contribution < -0.4 is 19.3 Å². The number of rotatable bonds is 8. The lowest BCUT2D eigenvalue weighted by Gasteiger charge is -2.34. The second kappa shape index (κ2) is 10.3. The number of carbonyl (C=O) groups is 1. The van der Waals surface area contributed by atoms with Gasteiger partial charge in [0, 0.05) is 63.1 Å². The van der Waals surface area contributed by atoms with Crippen molar-refractivity contribution in [2.45, 2.75) is 50.9 Å². The molecule has 2 aromatic carbocycles. The first-order chi connectivity index (χ1) is 16.0. The van der Waals surface area contributed by atoms with Crippen molar-refractivity contribution >= 4 is 17.3 Å². The smallest absolute Gasteiger partial charge is 0.305 e. The predicted octanol–water partition coefficient (Wildman–Crippen LogP) is 4.12. The Labute approximate surface area is 195 Å². The highest BCUT2D eigenvalue weighted by Crippen LogP contribution is 2.32. The van der Waals surface area contributed by atoms with E-state index < -0.39 is 5.97 Å². The van der Waals surface area contributed by atoms with Crippen molar-refractivity contribution in [3.8, 4) is 11.5 Å². The number of aliphatic carboxylic acids is 1. The summed E-state index contributed by atoms with van der Waals surface area (Å²) in [7, 11) is 3.38. The van der Waals surface area contributed by atoms with Gasteiger partial charge >= 0.3 is 5.97 Å². The van der Waals surface area contributed by atoms with Crippen molar-refractivity contribution < 1.29 is 24.1 Å². The van der Waals surface area contributed by atoms with E-state index in [1.807, 2.05) is 30.3 Å². The number of carboxylic acids is 1. The molecule has 4 rings (SSSR count). The molecule has 0 bridgehead atoms. The van der Waals surface area contributed by atoms with E-state index in [9.17, 15) is 9.90 Å². The molecule has 2 aliphatic heterocycles. The Balaban J connectivity index is 1.34. The summed E-state index contributed by atoms with van der Waals surface area (Å²) in [6.07, 6.45) is 3.00. The summed E-state index contributed by atoms with van der Waals surface area (Å²) in [5, 5.41) is 9.26. The molecule has 2 aliphatic rings. The summed E-state index contributed by atoms with van der Waals surface area (Å²) in [5.74, 6) is 0.957. The zero-order valence-corrected chi connectivity index (χ0v) is 19.7. The van der Waals surface area contributed by atoms with Crippen molar-refractivity contribution in [3.05, 3.63) is 48.0 Å². The van der Waals surface area contributed by atoms with E-state index in [0.29, 0.717) is 6.54 Å². The minimum atomic E-state index is -0.780. The lowest BCUT2D eigenvalue weighted by atomic mass is 10.0. The second-order valence-electron chi connectivity index (χ2n) is 8.95. The van der Waals surface area contributed by atoms with Crippen molar-refractivity contribution in [2.24, 2.45) is 0 Å². The zero-order valence-electron chi connectivity index (χ0n) is 19.7. The van der Waals surface area contributed by atoms with Gasteiger partial charge in [0.1, 0.15) is 17.6 Å². The molecule has 2 aromatic rings. The molecule has 2 saturated heterocycles. The second-order valence-corrected chi connectivity index (χ2v) is 8.95. The normalized spacial score (nSPS) is 21.3. The minimum Gasteiger partial charge on any atom is -0.497 e. The maximum Gasteiger partial charge on any atom is 0.305 e. The number of hydrogen-bond donors (Lipinski definition) is 1. The first-order valence-electron chi connectivity index (χ1n) is 11.6. The molecule has 0 amide bonds. The van der Waals surface area contributed by atoms with Gasteiger partial charge in [-0.2, -0.15) is 0 Å². The molecule has 2 atom stereocenters. The average molecular weight is 455 g/mol. The lowest BCUT2D eigenvalue weighted by molar-refractivity contribution is -0.137. The number of aryl methyl sites for hydroxylation is 1. The Morgan fingerprint density at radius 1 is 1.03 bits per heavy atom. The van der Waals surface area contributed by atoms with Crippen LogP contribution in [0.2, 0.25) is 0 Å². The summed E-state index contributed by atoms with van der Waals surface area (Å²) < 4.78 is 17.2. The number of nitrogens with zero attached hydrogens (tertiary/aromatic N) is 2. The third kappa shape index (κ3) is 5.53. The van der Waals surface area contributed by atoms with Gasteiger partial charge in [0.2, 0.25) is 0 Å². The quantitative estimate of drug-likeness (QED) is 0.643. The van der Waals surface area contributed by atoms with Gasteiger partial charge in [-0.3, -0.25) is 4.79 Å². The molecule has 0 unspecified atom stereocenters. The van der Waals surface area contributed by atoms with Gasteiger partial charge in [0.15, 0.2) is 0 Å². The highest BCUT2D eigenvalue weighted by Gasteiger charge is 2.33. The number of ether oxygens (including phenoxy) is 3. The van der Waals surface area contributed by atoms with Crippen LogP contribution in [0.3, 0.4) is 0 Å². The largest absolute Gasteiger partial charge is 0.497 e. The van der Waals surface area contributed by atoms with Gasteiger partial charge in [0.05, 0.1) is 19.6 Å². The number of hydrogen-bond acceptors (Lipinski definition) is 6. The SMILES string of the molecule is COc1ccc(C)c(N2CCC(Oc3ccc(N4C[C@H](OC)C[C@@H]4CC(=O)O)cc3)CC2)c1. The van der Waals surface area contributed by atoms with Crippen molar-refractivity contribution in [2.75, 3.05) is 43.7 Å². The number of methoxy groups -OCH3 is 2. The van der Waals surface area contributed by atoms with E-state index in [2.05, 4.69) is 28.9 Å². The van der Waals surface area contributed by atoms with Crippen LogP contribution in [0.5, 0.6) is 11.5 Å². The summed E-state index contributed by atoms with van der Waals surface area (Å²) in [6.45, 7) is 4.73. The number of anilines is 2. The number of carboxylic acid groups (broad SMARTS) is 1. The van der Waals surface area contributed by atoms with Crippen molar-refractivity contribution in [1.82, 2.24) is 0 Å². The fourth-order valence-electron chi connectivity index (χ4n) is 4.94. The molecule has 178 valence electrons. The van der Waals surface area contributed by atoms with E-state index in [-0.39, 0.29) is 24.7 Å². The van der Waals surface area contributed by atoms with Gasteiger partial charge in [-0.05, 0) is 49.2 Å². The van der Waals surface area contributed by atoms with Crippen LogP contribution in [0.15, 0.2) is 42.5 Å². The third-order valence-electron chi connectivity index (χ3n) is 6.79. The molecular weight excluding hydrogens is 420 g/mol. The fraction of sp³-hybridized carbons (Fsp3) is 0.500. The summed E-state index contributed by atoms with van der Waals surface area (Å²) in [5.41, 5.74) is 3.49.